The number of nitriles is 1. The van der Waals surface area contributed by atoms with E-state index in [4.69, 9.17) is 0 Å². The number of nitrogens with zero attached hydrogens (tertiary/aromatic N) is 3. The maximum Gasteiger partial charge on any atom is 0.239 e. The van der Waals surface area contributed by atoms with Crippen molar-refractivity contribution in [3.8, 4) is 6.07 Å². The third-order valence-corrected chi connectivity index (χ3v) is 6.59. The van der Waals surface area contributed by atoms with E-state index < -0.39 is 21.8 Å². The van der Waals surface area contributed by atoms with Crippen molar-refractivity contribution in [1.29, 1.82) is 5.26 Å². The van der Waals surface area contributed by atoms with E-state index in [2.05, 4.69) is 28.4 Å². The summed E-state index contributed by atoms with van der Waals surface area (Å²) >= 11 is 4.31. The van der Waals surface area contributed by atoms with Crippen molar-refractivity contribution in [1.82, 2.24) is 9.71 Å². The first kappa shape index (κ1) is 21.1. The highest BCUT2D eigenvalue weighted by Gasteiger charge is 2.29. The number of aryl methyl sites for hydroxylation is 1. The van der Waals surface area contributed by atoms with Gasteiger partial charge < -0.3 is 4.90 Å². The van der Waals surface area contributed by atoms with Crippen LogP contribution in [0.4, 0.5) is 5.82 Å². The molecule has 29 heavy (non-hydrogen) atoms. The molecule has 1 aliphatic rings. The van der Waals surface area contributed by atoms with Crippen LogP contribution in [0, 0.1) is 24.2 Å². The molecule has 2 heterocycles. The first-order valence-corrected chi connectivity index (χ1v) is 11.3. The summed E-state index contributed by atoms with van der Waals surface area (Å²) in [6.45, 7) is 2.86. The summed E-state index contributed by atoms with van der Waals surface area (Å²) in [5, 5.41) is 9.37. The minimum Gasteiger partial charge on any atom is -0.355 e. The summed E-state index contributed by atoms with van der Waals surface area (Å²) in [6.07, 6.45) is 0.974. The second-order valence-electron chi connectivity index (χ2n) is 7.05. The van der Waals surface area contributed by atoms with Crippen molar-refractivity contribution < 1.29 is 13.2 Å². The molecule has 1 saturated heterocycles. The highest BCUT2D eigenvalue weighted by atomic mass is 32.2. The van der Waals surface area contributed by atoms with Crippen molar-refractivity contribution in [2.24, 2.45) is 5.92 Å². The van der Waals surface area contributed by atoms with Crippen molar-refractivity contribution in [3.05, 3.63) is 53.2 Å². The van der Waals surface area contributed by atoms with Crippen LogP contribution in [0.1, 0.15) is 29.7 Å². The predicted octanol–water partition coefficient (Wildman–Crippen LogP) is 2.41. The molecule has 0 radical (unpaired) electrons. The lowest BCUT2D eigenvalue weighted by Crippen LogP contribution is -2.43. The average molecular weight is 431 g/mol. The Balaban J connectivity index is 1.61. The molecular weight excluding hydrogens is 408 g/mol. The van der Waals surface area contributed by atoms with E-state index in [9.17, 15) is 18.5 Å². The largest absolute Gasteiger partial charge is 0.355 e. The topological polar surface area (TPSA) is 103 Å². The van der Waals surface area contributed by atoms with Crippen molar-refractivity contribution >= 4 is 34.4 Å². The third-order valence-electron chi connectivity index (χ3n) is 4.91. The monoisotopic (exact) mass is 430 g/mol. The molecule has 0 aliphatic carbocycles. The van der Waals surface area contributed by atoms with Gasteiger partial charge in [0.25, 0.3) is 0 Å². The number of piperidine rings is 1. The molecule has 1 aromatic carbocycles. The molecule has 1 amide bonds. The van der Waals surface area contributed by atoms with Gasteiger partial charge in [0.05, 0.1) is 17.0 Å². The van der Waals surface area contributed by atoms with Gasteiger partial charge in [-0.2, -0.15) is 5.26 Å². The highest BCUT2D eigenvalue weighted by molar-refractivity contribution is 7.89. The van der Waals surface area contributed by atoms with Crippen LogP contribution < -0.4 is 9.62 Å². The van der Waals surface area contributed by atoms with Gasteiger partial charge in [0.2, 0.25) is 15.9 Å². The number of carbonyl (C=O) groups excluding carboxylic acids is 1. The number of thiol groups is 1. The summed E-state index contributed by atoms with van der Waals surface area (Å²) < 4.78 is 26.8. The minimum atomic E-state index is -3.75. The summed E-state index contributed by atoms with van der Waals surface area (Å²) in [5.74, 6) is -0.523. The molecule has 0 saturated carbocycles. The fourth-order valence-electron chi connectivity index (χ4n) is 3.33. The number of rotatable bonds is 5. The van der Waals surface area contributed by atoms with Crippen molar-refractivity contribution in [2.45, 2.75) is 30.4 Å². The smallest absolute Gasteiger partial charge is 0.239 e. The average Bonchev–Trinajstić information content (AvgIpc) is 2.70. The third kappa shape index (κ3) is 5.28. The first-order chi connectivity index (χ1) is 13.8. The zero-order valence-corrected chi connectivity index (χ0v) is 17.7. The van der Waals surface area contributed by atoms with Crippen LogP contribution in [-0.4, -0.2) is 32.4 Å². The number of pyridine rings is 1. The Morgan fingerprint density at radius 3 is 2.59 bits per heavy atom. The van der Waals surface area contributed by atoms with Gasteiger partial charge in [-0.1, -0.05) is 30.3 Å². The zero-order valence-electron chi connectivity index (χ0n) is 16.0. The van der Waals surface area contributed by atoms with Crippen LogP contribution in [-0.2, 0) is 20.6 Å². The molecule has 0 atom stereocenters. The first-order valence-electron chi connectivity index (χ1n) is 9.23. The highest BCUT2D eigenvalue weighted by Crippen LogP contribution is 2.27. The number of hydrogen-bond acceptors (Lipinski definition) is 7. The Morgan fingerprint density at radius 1 is 1.31 bits per heavy atom. The van der Waals surface area contributed by atoms with E-state index in [1.807, 2.05) is 11.8 Å². The van der Waals surface area contributed by atoms with E-state index in [0.29, 0.717) is 47.8 Å². The normalized spacial score (nSPS) is 15.0. The number of benzene rings is 1. The SMILES string of the molecule is Cc1nc(N2CCC(C(=O)NS(=O)(=O)Cc3ccccc3)CC2)c(C#N)cc1S. The fraction of sp³-hybridized carbons (Fsp3) is 0.350. The molecule has 7 nitrogen and oxygen atoms in total. The van der Waals surface area contributed by atoms with E-state index in [1.165, 1.54) is 0 Å². The van der Waals surface area contributed by atoms with Gasteiger partial charge in [-0.25, -0.2) is 13.4 Å². The molecule has 3 rings (SSSR count). The number of nitrogens with one attached hydrogen (secondary N) is 1. The number of sulfonamides is 1. The molecule has 0 unspecified atom stereocenters. The van der Waals surface area contributed by atoms with Crippen LogP contribution in [0.2, 0.25) is 0 Å². The van der Waals surface area contributed by atoms with Crippen molar-refractivity contribution in [3.63, 3.8) is 0 Å². The Bertz CT molecular complexity index is 1040. The lowest BCUT2D eigenvalue weighted by molar-refractivity contribution is -0.123. The van der Waals surface area contributed by atoms with E-state index >= 15 is 0 Å². The molecule has 0 bridgehead atoms. The van der Waals surface area contributed by atoms with Gasteiger partial charge in [0, 0.05) is 23.9 Å². The zero-order chi connectivity index (χ0) is 21.0. The standard InChI is InChI=1S/C20H22N4O3S2/c1-14-18(28)11-17(12-21)19(22-14)24-9-7-16(8-10-24)20(25)23-29(26,27)13-15-5-3-2-4-6-15/h2-6,11,16,28H,7-10,13H2,1H3,(H,23,25). The number of amides is 1. The fourth-order valence-corrected chi connectivity index (χ4v) is 4.68. The second-order valence-corrected chi connectivity index (χ2v) is 9.25. The summed E-state index contributed by atoms with van der Waals surface area (Å²) in [5.41, 5.74) is 1.80. The van der Waals surface area contributed by atoms with E-state index in [1.54, 1.807) is 36.4 Å². The van der Waals surface area contributed by atoms with E-state index in [0.717, 1.165) is 5.69 Å². The van der Waals surface area contributed by atoms with E-state index in [-0.39, 0.29) is 5.75 Å². The molecule has 2 aromatic rings. The van der Waals surface area contributed by atoms with Crippen LogP contribution in [0.15, 0.2) is 41.3 Å². The summed E-state index contributed by atoms with van der Waals surface area (Å²) in [6, 6.07) is 12.6. The quantitative estimate of drug-likeness (QED) is 0.706. The van der Waals surface area contributed by atoms with Gasteiger partial charge in [-0.05, 0) is 31.4 Å². The maximum atomic E-state index is 12.5. The van der Waals surface area contributed by atoms with Crippen LogP contribution in [0.25, 0.3) is 0 Å². The molecule has 0 spiro atoms. The predicted molar refractivity (Wildman–Crippen MR) is 113 cm³/mol. The summed E-state index contributed by atoms with van der Waals surface area (Å²) in [7, 11) is -3.75. The van der Waals surface area contributed by atoms with Crippen LogP contribution in [0.3, 0.4) is 0 Å². The van der Waals surface area contributed by atoms with Crippen LogP contribution in [0.5, 0.6) is 0 Å². The Labute approximate surface area is 176 Å². The van der Waals surface area contributed by atoms with Crippen LogP contribution >= 0.6 is 12.6 Å². The van der Waals surface area contributed by atoms with Gasteiger partial charge in [-0.15, -0.1) is 12.6 Å². The lowest BCUT2D eigenvalue weighted by Gasteiger charge is -2.32. The van der Waals surface area contributed by atoms with Gasteiger partial charge in [0.15, 0.2) is 0 Å². The molecule has 1 N–H and O–H groups in total. The molecule has 152 valence electrons. The molecule has 1 fully saturated rings. The van der Waals surface area contributed by atoms with Gasteiger partial charge >= 0.3 is 0 Å². The Kier molecular flexibility index (Phi) is 6.45. The number of carbonyl (C=O) groups is 1. The maximum absolute atomic E-state index is 12.5. The Hall–Kier alpha value is -2.57. The number of anilines is 1. The number of hydrogen-bond donors (Lipinski definition) is 2. The molecule has 9 heteroatoms. The molecular formula is C20H22N4O3S2. The van der Waals surface area contributed by atoms with Crippen molar-refractivity contribution in [2.75, 3.05) is 18.0 Å². The minimum absolute atomic E-state index is 0.233. The molecule has 1 aromatic heterocycles. The summed E-state index contributed by atoms with van der Waals surface area (Å²) in [4.78, 5) is 19.6. The van der Waals surface area contributed by atoms with Gasteiger partial charge in [-0.3, -0.25) is 9.52 Å². The Morgan fingerprint density at radius 2 is 1.97 bits per heavy atom. The lowest BCUT2D eigenvalue weighted by atomic mass is 9.96. The van der Waals surface area contributed by atoms with Gasteiger partial charge in [0.1, 0.15) is 11.9 Å². The molecule has 1 aliphatic heterocycles. The second kappa shape index (κ2) is 8.84. The number of aromatic nitrogens is 1.